The molecule has 0 unspecified atom stereocenters. The first kappa shape index (κ1) is 14.2. The van der Waals surface area contributed by atoms with Gasteiger partial charge in [-0.1, -0.05) is 25.1 Å². The number of thiocarbonyl (C=S) groups is 1. The molecule has 0 aliphatic heterocycles. The number of rotatable bonds is 4. The van der Waals surface area contributed by atoms with E-state index in [1.165, 1.54) is 0 Å². The highest BCUT2D eigenvalue weighted by Crippen LogP contribution is 2.31. The van der Waals surface area contributed by atoms with Gasteiger partial charge in [-0.05, 0) is 31.9 Å². The van der Waals surface area contributed by atoms with Gasteiger partial charge in [0.25, 0.3) is 0 Å². The van der Waals surface area contributed by atoms with Gasteiger partial charge in [0, 0.05) is 19.3 Å². The highest BCUT2D eigenvalue weighted by Gasteiger charge is 2.33. The van der Waals surface area contributed by atoms with Crippen LogP contribution in [0.4, 0.5) is 5.82 Å². The van der Waals surface area contributed by atoms with E-state index in [4.69, 9.17) is 18.0 Å². The summed E-state index contributed by atoms with van der Waals surface area (Å²) in [4.78, 5) is 6.82. The van der Waals surface area contributed by atoms with E-state index in [9.17, 15) is 5.11 Å². The summed E-state index contributed by atoms with van der Waals surface area (Å²) < 4.78 is 0. The van der Waals surface area contributed by atoms with Crippen LogP contribution in [-0.4, -0.2) is 34.3 Å². The van der Waals surface area contributed by atoms with Crippen LogP contribution in [-0.2, 0) is 0 Å². The summed E-state index contributed by atoms with van der Waals surface area (Å²) in [5.41, 5.74) is 6.83. The van der Waals surface area contributed by atoms with Gasteiger partial charge in [-0.3, -0.25) is 0 Å². The Bertz CT molecular complexity index is 484. The van der Waals surface area contributed by atoms with E-state index in [0.29, 0.717) is 11.5 Å². The molecule has 0 aromatic carbocycles. The fourth-order valence-corrected chi connectivity index (χ4v) is 2.89. The minimum atomic E-state index is -0.604. The molecule has 2 rings (SSSR count). The molecule has 1 saturated carbocycles. The molecule has 1 fully saturated rings. The minimum Gasteiger partial charge on any atom is -0.389 e. The van der Waals surface area contributed by atoms with Gasteiger partial charge < -0.3 is 15.7 Å². The van der Waals surface area contributed by atoms with Gasteiger partial charge in [-0.2, -0.15) is 0 Å². The molecule has 0 bridgehead atoms. The number of anilines is 1. The fraction of sp³-hybridized carbons (Fsp3) is 0.571. The van der Waals surface area contributed by atoms with Crippen LogP contribution in [0.15, 0.2) is 12.1 Å². The maximum absolute atomic E-state index is 10.5. The van der Waals surface area contributed by atoms with Crippen LogP contribution >= 0.6 is 12.2 Å². The molecule has 4 nitrogen and oxygen atoms in total. The zero-order chi connectivity index (χ0) is 14.0. The first-order valence-electron chi connectivity index (χ1n) is 6.62. The van der Waals surface area contributed by atoms with E-state index in [1.54, 1.807) is 0 Å². The molecular weight excluding hydrogens is 258 g/mol. The monoisotopic (exact) mass is 279 g/mol. The van der Waals surface area contributed by atoms with Crippen molar-refractivity contribution in [2.24, 2.45) is 5.73 Å². The van der Waals surface area contributed by atoms with E-state index in [-0.39, 0.29) is 0 Å². The average molecular weight is 279 g/mol. The number of likely N-dealkylation sites (N-methyl/N-ethyl adjacent to an activating group) is 1. The van der Waals surface area contributed by atoms with Crippen molar-refractivity contribution in [1.82, 2.24) is 4.98 Å². The Kier molecular flexibility index (Phi) is 4.06. The maximum atomic E-state index is 10.5. The number of nitrogens with zero attached hydrogens (tertiary/aromatic N) is 2. The SMILES string of the molecule is Cc1ccc(C(N)=S)c(N(C)CC2(O)CCCC2)n1. The second-order valence-electron chi connectivity index (χ2n) is 5.48. The van der Waals surface area contributed by atoms with Gasteiger partial charge >= 0.3 is 0 Å². The summed E-state index contributed by atoms with van der Waals surface area (Å²) in [5.74, 6) is 0.757. The van der Waals surface area contributed by atoms with E-state index in [2.05, 4.69) is 4.98 Å². The second-order valence-corrected chi connectivity index (χ2v) is 5.92. The molecule has 0 amide bonds. The van der Waals surface area contributed by atoms with Crippen molar-refractivity contribution in [3.05, 3.63) is 23.4 Å². The molecule has 1 aliphatic carbocycles. The number of aryl methyl sites for hydroxylation is 1. The van der Waals surface area contributed by atoms with Crippen LogP contribution in [0.5, 0.6) is 0 Å². The van der Waals surface area contributed by atoms with Crippen molar-refractivity contribution in [3.63, 3.8) is 0 Å². The Balaban J connectivity index is 2.24. The van der Waals surface area contributed by atoms with E-state index in [0.717, 1.165) is 42.8 Å². The van der Waals surface area contributed by atoms with Crippen LogP contribution in [0, 0.1) is 6.92 Å². The quantitative estimate of drug-likeness (QED) is 0.822. The zero-order valence-corrected chi connectivity index (χ0v) is 12.3. The summed E-state index contributed by atoms with van der Waals surface area (Å²) in [7, 11) is 1.93. The van der Waals surface area contributed by atoms with Gasteiger partial charge in [0.2, 0.25) is 0 Å². The lowest BCUT2D eigenvalue weighted by Crippen LogP contribution is -2.40. The number of hydrogen-bond donors (Lipinski definition) is 2. The molecule has 1 heterocycles. The topological polar surface area (TPSA) is 62.4 Å². The average Bonchev–Trinajstić information content (AvgIpc) is 2.75. The highest BCUT2D eigenvalue weighted by atomic mass is 32.1. The van der Waals surface area contributed by atoms with Crippen molar-refractivity contribution in [2.45, 2.75) is 38.2 Å². The Hall–Kier alpha value is -1.20. The first-order chi connectivity index (χ1) is 8.91. The number of aliphatic hydroxyl groups is 1. The summed E-state index contributed by atoms with van der Waals surface area (Å²) in [5, 5.41) is 10.5. The molecule has 3 N–H and O–H groups in total. The van der Waals surface area contributed by atoms with Crippen LogP contribution < -0.4 is 10.6 Å². The third kappa shape index (κ3) is 3.22. The van der Waals surface area contributed by atoms with Crippen LogP contribution in [0.25, 0.3) is 0 Å². The lowest BCUT2D eigenvalue weighted by atomic mass is 10.0. The van der Waals surface area contributed by atoms with Crippen molar-refractivity contribution < 1.29 is 5.11 Å². The van der Waals surface area contributed by atoms with Crippen LogP contribution in [0.1, 0.15) is 36.9 Å². The Morgan fingerprint density at radius 1 is 1.47 bits per heavy atom. The molecular formula is C14H21N3OS. The predicted molar refractivity (Wildman–Crippen MR) is 81.5 cm³/mol. The zero-order valence-electron chi connectivity index (χ0n) is 11.5. The first-order valence-corrected chi connectivity index (χ1v) is 7.03. The summed E-state index contributed by atoms with van der Waals surface area (Å²) in [6, 6.07) is 3.80. The molecule has 5 heteroatoms. The van der Waals surface area contributed by atoms with Gasteiger partial charge in [-0.15, -0.1) is 0 Å². The maximum Gasteiger partial charge on any atom is 0.138 e. The highest BCUT2D eigenvalue weighted by molar-refractivity contribution is 7.80. The third-order valence-corrected chi connectivity index (χ3v) is 3.93. The van der Waals surface area contributed by atoms with Crippen molar-refractivity contribution >= 4 is 23.0 Å². The number of hydrogen-bond acceptors (Lipinski definition) is 4. The molecule has 0 saturated heterocycles. The van der Waals surface area contributed by atoms with Crippen LogP contribution in [0.2, 0.25) is 0 Å². The van der Waals surface area contributed by atoms with E-state index < -0.39 is 5.60 Å². The number of pyridine rings is 1. The molecule has 104 valence electrons. The number of nitrogens with two attached hydrogens (primary N) is 1. The van der Waals surface area contributed by atoms with Gasteiger partial charge in [0.05, 0.1) is 11.2 Å². The lowest BCUT2D eigenvalue weighted by Gasteiger charge is -2.30. The summed E-state index contributed by atoms with van der Waals surface area (Å²) in [6.07, 6.45) is 3.89. The molecule has 19 heavy (non-hydrogen) atoms. The smallest absolute Gasteiger partial charge is 0.138 e. The predicted octanol–water partition coefficient (Wildman–Crippen LogP) is 1.77. The minimum absolute atomic E-state index is 0.341. The van der Waals surface area contributed by atoms with Crippen LogP contribution in [0.3, 0.4) is 0 Å². The molecule has 0 atom stereocenters. The molecule has 1 aliphatic rings. The second kappa shape index (κ2) is 5.43. The fourth-order valence-electron chi connectivity index (χ4n) is 2.73. The van der Waals surface area contributed by atoms with Gasteiger partial charge in [0.1, 0.15) is 10.8 Å². The van der Waals surface area contributed by atoms with Gasteiger partial charge in [-0.25, -0.2) is 4.98 Å². The molecule has 0 spiro atoms. The number of aromatic nitrogens is 1. The Labute approximate surface area is 119 Å². The molecule has 1 aromatic rings. The summed E-state index contributed by atoms with van der Waals surface area (Å²) in [6.45, 7) is 2.50. The molecule has 1 aromatic heterocycles. The third-order valence-electron chi connectivity index (χ3n) is 3.71. The normalized spacial score (nSPS) is 17.4. The van der Waals surface area contributed by atoms with Crippen molar-refractivity contribution in [3.8, 4) is 0 Å². The lowest BCUT2D eigenvalue weighted by molar-refractivity contribution is 0.0558. The van der Waals surface area contributed by atoms with E-state index >= 15 is 0 Å². The summed E-state index contributed by atoms with van der Waals surface area (Å²) >= 11 is 5.07. The standard InChI is InChI=1S/C14H21N3OS/c1-10-5-6-11(12(15)19)13(16-10)17(2)9-14(18)7-3-4-8-14/h5-6,18H,3-4,7-9H2,1-2H3,(H2,15,19). The van der Waals surface area contributed by atoms with Gasteiger partial charge in [0.15, 0.2) is 0 Å². The van der Waals surface area contributed by atoms with Crippen molar-refractivity contribution in [1.29, 1.82) is 0 Å². The van der Waals surface area contributed by atoms with E-state index in [1.807, 2.05) is 31.0 Å². The Morgan fingerprint density at radius 3 is 2.68 bits per heavy atom. The van der Waals surface area contributed by atoms with Crippen molar-refractivity contribution in [2.75, 3.05) is 18.5 Å². The largest absolute Gasteiger partial charge is 0.389 e. The Morgan fingerprint density at radius 2 is 2.11 bits per heavy atom. The molecule has 0 radical (unpaired) electrons.